The van der Waals surface area contributed by atoms with Crippen LogP contribution in [0.4, 0.5) is 11.4 Å². The van der Waals surface area contributed by atoms with Crippen molar-refractivity contribution in [2.45, 2.75) is 19.1 Å². The lowest BCUT2D eigenvalue weighted by molar-refractivity contribution is -0.384. The Balaban J connectivity index is 2.45. The number of carboxylic acids is 1. The van der Waals surface area contributed by atoms with Gasteiger partial charge in [-0.3, -0.25) is 10.1 Å². The summed E-state index contributed by atoms with van der Waals surface area (Å²) in [5.74, 6) is -1.15. The van der Waals surface area contributed by atoms with Crippen LogP contribution in [-0.2, 0) is 4.74 Å². The standard InChI is InChI=1S/C13H16N2O6/c1-8-7-21-10(6-16)5-14(8)12-4-9(13(17)18)2-3-11(12)15(19)20/h2-4,8,10,16H,5-7H2,1H3,(H,17,18). The number of carbonyl (C=O) groups is 1. The van der Waals surface area contributed by atoms with Crippen LogP contribution in [0.5, 0.6) is 0 Å². The van der Waals surface area contributed by atoms with Crippen LogP contribution in [0, 0.1) is 10.1 Å². The number of carboxylic acid groups (broad SMARTS) is 1. The maximum Gasteiger partial charge on any atom is 0.335 e. The number of nitrogens with zero attached hydrogens (tertiary/aromatic N) is 2. The van der Waals surface area contributed by atoms with Gasteiger partial charge < -0.3 is 19.8 Å². The van der Waals surface area contributed by atoms with Crippen LogP contribution in [0.1, 0.15) is 17.3 Å². The molecule has 1 aromatic carbocycles. The first kappa shape index (κ1) is 15.2. The van der Waals surface area contributed by atoms with Crippen molar-refractivity contribution in [2.24, 2.45) is 0 Å². The van der Waals surface area contributed by atoms with Gasteiger partial charge in [0.25, 0.3) is 5.69 Å². The molecule has 2 unspecified atom stereocenters. The number of aliphatic hydroxyl groups is 1. The molecule has 0 radical (unpaired) electrons. The minimum absolute atomic E-state index is 0.0187. The van der Waals surface area contributed by atoms with E-state index in [4.69, 9.17) is 9.84 Å². The van der Waals surface area contributed by atoms with Gasteiger partial charge in [0, 0.05) is 18.7 Å². The van der Waals surface area contributed by atoms with Crippen LogP contribution in [0.2, 0.25) is 0 Å². The zero-order valence-corrected chi connectivity index (χ0v) is 11.4. The molecule has 1 fully saturated rings. The number of benzene rings is 1. The number of aromatic carboxylic acids is 1. The molecule has 1 saturated heterocycles. The van der Waals surface area contributed by atoms with Crippen molar-refractivity contribution in [3.05, 3.63) is 33.9 Å². The van der Waals surface area contributed by atoms with Crippen LogP contribution >= 0.6 is 0 Å². The van der Waals surface area contributed by atoms with E-state index in [0.717, 1.165) is 0 Å². The van der Waals surface area contributed by atoms with Gasteiger partial charge in [0.2, 0.25) is 0 Å². The molecule has 1 aliphatic heterocycles. The number of aliphatic hydroxyl groups excluding tert-OH is 1. The van der Waals surface area contributed by atoms with E-state index in [0.29, 0.717) is 6.61 Å². The average molecular weight is 296 g/mol. The van der Waals surface area contributed by atoms with Crippen LogP contribution in [-0.4, -0.2) is 53.0 Å². The molecule has 114 valence electrons. The third kappa shape index (κ3) is 3.11. The van der Waals surface area contributed by atoms with E-state index in [1.807, 2.05) is 6.92 Å². The Morgan fingerprint density at radius 3 is 2.86 bits per heavy atom. The molecule has 0 spiro atoms. The maximum atomic E-state index is 11.2. The zero-order chi connectivity index (χ0) is 15.6. The second-order valence-electron chi connectivity index (χ2n) is 4.91. The number of nitro benzene ring substituents is 1. The monoisotopic (exact) mass is 296 g/mol. The Kier molecular flexibility index (Phi) is 4.39. The van der Waals surface area contributed by atoms with Crippen LogP contribution in [0.3, 0.4) is 0 Å². The fourth-order valence-electron chi connectivity index (χ4n) is 2.30. The minimum Gasteiger partial charge on any atom is -0.478 e. The highest BCUT2D eigenvalue weighted by Crippen LogP contribution is 2.32. The SMILES string of the molecule is CC1COC(CO)CN1c1cc(C(=O)O)ccc1[N+](=O)[O-]. The highest BCUT2D eigenvalue weighted by molar-refractivity contribution is 5.90. The number of hydrogen-bond acceptors (Lipinski definition) is 6. The summed E-state index contributed by atoms with van der Waals surface area (Å²) in [4.78, 5) is 23.4. The molecule has 1 aromatic rings. The normalized spacial score (nSPS) is 22.1. The first-order valence-electron chi connectivity index (χ1n) is 6.45. The number of anilines is 1. The Hall–Kier alpha value is -2.19. The van der Waals surface area contributed by atoms with E-state index < -0.39 is 17.0 Å². The lowest BCUT2D eigenvalue weighted by Crippen LogP contribution is -2.49. The smallest absolute Gasteiger partial charge is 0.335 e. The number of ether oxygens (including phenoxy) is 1. The summed E-state index contributed by atoms with van der Waals surface area (Å²) in [7, 11) is 0. The molecule has 0 aromatic heterocycles. The second kappa shape index (κ2) is 6.06. The topological polar surface area (TPSA) is 113 Å². The fourth-order valence-corrected chi connectivity index (χ4v) is 2.30. The van der Waals surface area contributed by atoms with Crippen LogP contribution in [0.15, 0.2) is 18.2 Å². The fraction of sp³-hybridized carbons (Fsp3) is 0.462. The highest BCUT2D eigenvalue weighted by atomic mass is 16.6. The lowest BCUT2D eigenvalue weighted by Gasteiger charge is -2.38. The Bertz CT molecular complexity index is 562. The molecule has 0 aliphatic carbocycles. The average Bonchev–Trinajstić information content (AvgIpc) is 2.47. The van der Waals surface area contributed by atoms with Crippen molar-refractivity contribution in [3.8, 4) is 0 Å². The van der Waals surface area contributed by atoms with E-state index in [2.05, 4.69) is 0 Å². The summed E-state index contributed by atoms with van der Waals surface area (Å²) < 4.78 is 5.39. The van der Waals surface area contributed by atoms with Gasteiger partial charge in [0.15, 0.2) is 0 Å². The summed E-state index contributed by atoms with van der Waals surface area (Å²) in [6.45, 7) is 2.20. The van der Waals surface area contributed by atoms with Crippen LogP contribution < -0.4 is 4.90 Å². The number of rotatable bonds is 4. The molecule has 0 saturated carbocycles. The maximum absolute atomic E-state index is 11.2. The third-order valence-corrected chi connectivity index (χ3v) is 3.44. The van der Waals surface area contributed by atoms with E-state index in [1.54, 1.807) is 4.90 Å². The van der Waals surface area contributed by atoms with E-state index in [1.165, 1.54) is 18.2 Å². The number of hydrogen-bond donors (Lipinski definition) is 2. The minimum atomic E-state index is -1.15. The molecule has 21 heavy (non-hydrogen) atoms. The van der Waals surface area contributed by atoms with Gasteiger partial charge >= 0.3 is 5.97 Å². The number of morpholine rings is 1. The predicted molar refractivity (Wildman–Crippen MR) is 73.7 cm³/mol. The lowest BCUT2D eigenvalue weighted by atomic mass is 10.1. The largest absolute Gasteiger partial charge is 0.478 e. The molecule has 0 amide bonds. The highest BCUT2D eigenvalue weighted by Gasteiger charge is 2.30. The van der Waals surface area contributed by atoms with Crippen molar-refractivity contribution in [3.63, 3.8) is 0 Å². The summed E-state index contributed by atoms with van der Waals surface area (Å²) in [5.41, 5.74) is 0.0504. The summed E-state index contributed by atoms with van der Waals surface area (Å²) in [5, 5.41) is 29.4. The van der Waals surface area contributed by atoms with Crippen molar-refractivity contribution in [2.75, 3.05) is 24.7 Å². The van der Waals surface area contributed by atoms with Gasteiger partial charge in [-0.15, -0.1) is 0 Å². The molecular formula is C13H16N2O6. The summed E-state index contributed by atoms with van der Waals surface area (Å²) in [6, 6.07) is 3.53. The Labute approximate surface area is 120 Å². The summed E-state index contributed by atoms with van der Waals surface area (Å²) in [6.07, 6.45) is -0.450. The molecule has 2 N–H and O–H groups in total. The van der Waals surface area contributed by atoms with E-state index in [9.17, 15) is 20.0 Å². The van der Waals surface area contributed by atoms with Crippen LogP contribution in [0.25, 0.3) is 0 Å². The third-order valence-electron chi connectivity index (χ3n) is 3.44. The molecule has 0 bridgehead atoms. The summed E-state index contributed by atoms with van der Waals surface area (Å²) >= 11 is 0. The number of nitro groups is 1. The predicted octanol–water partition coefficient (Wildman–Crippen LogP) is 0.879. The van der Waals surface area contributed by atoms with Crippen molar-refractivity contribution >= 4 is 17.3 Å². The van der Waals surface area contributed by atoms with E-state index >= 15 is 0 Å². The molecule has 8 nitrogen and oxygen atoms in total. The Morgan fingerprint density at radius 2 is 2.29 bits per heavy atom. The van der Waals surface area contributed by atoms with Gasteiger partial charge in [0.1, 0.15) is 5.69 Å². The molecule has 1 aliphatic rings. The van der Waals surface area contributed by atoms with Gasteiger partial charge in [-0.1, -0.05) is 0 Å². The van der Waals surface area contributed by atoms with Crippen molar-refractivity contribution in [1.29, 1.82) is 0 Å². The van der Waals surface area contributed by atoms with Gasteiger partial charge in [-0.2, -0.15) is 0 Å². The first-order valence-corrected chi connectivity index (χ1v) is 6.45. The second-order valence-corrected chi connectivity index (χ2v) is 4.91. The van der Waals surface area contributed by atoms with E-state index in [-0.39, 0.29) is 36.1 Å². The zero-order valence-electron chi connectivity index (χ0n) is 11.4. The van der Waals surface area contributed by atoms with Gasteiger partial charge in [0.05, 0.1) is 29.8 Å². The van der Waals surface area contributed by atoms with Crippen molar-refractivity contribution in [1.82, 2.24) is 0 Å². The molecule has 2 atom stereocenters. The first-order chi connectivity index (χ1) is 9.93. The Morgan fingerprint density at radius 1 is 1.57 bits per heavy atom. The van der Waals surface area contributed by atoms with Crippen molar-refractivity contribution < 1.29 is 24.7 Å². The molecule has 2 rings (SSSR count). The van der Waals surface area contributed by atoms with Gasteiger partial charge in [-0.05, 0) is 19.1 Å². The molecular weight excluding hydrogens is 280 g/mol. The molecule has 8 heteroatoms. The quantitative estimate of drug-likeness (QED) is 0.626. The van der Waals surface area contributed by atoms with Gasteiger partial charge in [-0.25, -0.2) is 4.79 Å². The molecule has 1 heterocycles.